The molecule has 0 aliphatic carbocycles. The Hall–Kier alpha value is -1.01. The molecule has 1 fully saturated rings. The van der Waals surface area contributed by atoms with Gasteiger partial charge in [-0.1, -0.05) is 23.2 Å². The third-order valence-electron chi connectivity index (χ3n) is 3.16. The summed E-state index contributed by atoms with van der Waals surface area (Å²) in [5, 5.41) is 4.16. The summed E-state index contributed by atoms with van der Waals surface area (Å²) in [5.74, 6) is -0.126. The topological polar surface area (TPSA) is 73.6 Å². The summed E-state index contributed by atoms with van der Waals surface area (Å²) >= 11 is 12.1. The molecular weight excluding hydrogens is 315 g/mol. The van der Waals surface area contributed by atoms with Gasteiger partial charge in [-0.15, -0.1) is 0 Å². The molecule has 1 aromatic rings. The second kappa shape index (κ2) is 7.84. The maximum absolute atomic E-state index is 10.8. The van der Waals surface area contributed by atoms with Gasteiger partial charge in [0.2, 0.25) is 0 Å². The molecule has 1 aromatic carbocycles. The summed E-state index contributed by atoms with van der Waals surface area (Å²) in [6, 6.07) is 3.33. The summed E-state index contributed by atoms with van der Waals surface area (Å²) < 4.78 is 10.9. The van der Waals surface area contributed by atoms with Gasteiger partial charge in [0, 0.05) is 30.3 Å². The van der Waals surface area contributed by atoms with Gasteiger partial charge in [0.1, 0.15) is 5.75 Å². The Bertz CT molecular complexity index is 505. The van der Waals surface area contributed by atoms with Crippen LogP contribution in [0.2, 0.25) is 10.0 Å². The highest BCUT2D eigenvalue weighted by Crippen LogP contribution is 2.32. The number of hydrogen-bond acceptors (Lipinski definition) is 4. The standard InChI is InChI=1S/C14H18Cl2N2O3/c15-10-4-9(6-18-7-11-2-1-3-20-11)14(12(16)5-10)21-8-13(17)19/h4-5,11,18H,1-3,6-8H2,(H2,17,19)/t11-/m0/s1. The smallest absolute Gasteiger partial charge is 0.255 e. The molecule has 5 nitrogen and oxygen atoms in total. The molecule has 1 aliphatic heterocycles. The van der Waals surface area contributed by atoms with Gasteiger partial charge in [-0.25, -0.2) is 0 Å². The van der Waals surface area contributed by atoms with Crippen LogP contribution in [-0.2, 0) is 16.1 Å². The normalized spacial score (nSPS) is 17.9. The zero-order chi connectivity index (χ0) is 15.2. The van der Waals surface area contributed by atoms with Gasteiger partial charge in [0.25, 0.3) is 5.91 Å². The summed E-state index contributed by atoms with van der Waals surface area (Å²) in [4.78, 5) is 10.8. The first-order valence-electron chi connectivity index (χ1n) is 6.77. The predicted molar refractivity (Wildman–Crippen MR) is 81.8 cm³/mol. The van der Waals surface area contributed by atoms with Crippen LogP contribution in [0.3, 0.4) is 0 Å². The molecule has 2 rings (SSSR count). The molecule has 0 spiro atoms. The van der Waals surface area contributed by atoms with Crippen LogP contribution in [0.1, 0.15) is 18.4 Å². The Kier molecular flexibility index (Phi) is 6.11. The molecule has 0 saturated carbocycles. The molecule has 1 amide bonds. The van der Waals surface area contributed by atoms with E-state index >= 15 is 0 Å². The zero-order valence-corrected chi connectivity index (χ0v) is 13.0. The van der Waals surface area contributed by atoms with Crippen molar-refractivity contribution in [3.8, 4) is 5.75 Å². The van der Waals surface area contributed by atoms with Crippen molar-refractivity contribution in [3.63, 3.8) is 0 Å². The average Bonchev–Trinajstić information content (AvgIpc) is 2.90. The third kappa shape index (κ3) is 5.04. The SMILES string of the molecule is NC(=O)COc1c(Cl)cc(Cl)cc1CNC[C@@H]1CCCO1. The van der Waals surface area contributed by atoms with Crippen molar-refractivity contribution in [3.05, 3.63) is 27.7 Å². The minimum absolute atomic E-state index is 0.222. The second-order valence-electron chi connectivity index (χ2n) is 4.90. The number of hydrogen-bond donors (Lipinski definition) is 2. The van der Waals surface area contributed by atoms with Gasteiger partial charge >= 0.3 is 0 Å². The van der Waals surface area contributed by atoms with Crippen LogP contribution in [0.25, 0.3) is 0 Å². The maximum Gasteiger partial charge on any atom is 0.255 e. The molecule has 21 heavy (non-hydrogen) atoms. The van der Waals surface area contributed by atoms with E-state index in [1.54, 1.807) is 12.1 Å². The van der Waals surface area contributed by atoms with Crippen molar-refractivity contribution in [2.24, 2.45) is 5.73 Å². The van der Waals surface area contributed by atoms with E-state index in [9.17, 15) is 4.79 Å². The van der Waals surface area contributed by atoms with Crippen molar-refractivity contribution in [1.29, 1.82) is 0 Å². The number of ether oxygens (including phenoxy) is 2. The summed E-state index contributed by atoms with van der Waals surface area (Å²) in [7, 11) is 0. The lowest BCUT2D eigenvalue weighted by molar-refractivity contribution is -0.119. The van der Waals surface area contributed by atoms with E-state index in [1.807, 2.05) is 0 Å². The molecule has 116 valence electrons. The number of primary amides is 1. The first-order valence-corrected chi connectivity index (χ1v) is 7.53. The number of nitrogens with one attached hydrogen (secondary N) is 1. The van der Waals surface area contributed by atoms with Gasteiger partial charge in [-0.2, -0.15) is 0 Å². The van der Waals surface area contributed by atoms with Gasteiger partial charge in [-0.3, -0.25) is 4.79 Å². The molecule has 1 saturated heterocycles. The van der Waals surface area contributed by atoms with E-state index in [2.05, 4.69) is 5.32 Å². The molecule has 0 aromatic heterocycles. The number of benzene rings is 1. The molecule has 1 aliphatic rings. The predicted octanol–water partition coefficient (Wildman–Crippen LogP) is 2.13. The van der Waals surface area contributed by atoms with E-state index in [0.29, 0.717) is 22.3 Å². The molecule has 0 radical (unpaired) electrons. The minimum atomic E-state index is -0.556. The van der Waals surface area contributed by atoms with Crippen molar-refractivity contribution in [1.82, 2.24) is 5.32 Å². The van der Waals surface area contributed by atoms with Crippen LogP contribution in [0, 0.1) is 0 Å². The summed E-state index contributed by atoms with van der Waals surface area (Å²) in [6.07, 6.45) is 2.41. The second-order valence-corrected chi connectivity index (χ2v) is 5.74. The largest absolute Gasteiger partial charge is 0.482 e. The van der Waals surface area contributed by atoms with Gasteiger partial charge in [0.05, 0.1) is 11.1 Å². The van der Waals surface area contributed by atoms with Gasteiger partial charge in [0.15, 0.2) is 6.61 Å². The molecule has 1 heterocycles. The van der Waals surface area contributed by atoms with E-state index < -0.39 is 5.91 Å². The van der Waals surface area contributed by atoms with Gasteiger partial charge < -0.3 is 20.5 Å². The summed E-state index contributed by atoms with van der Waals surface area (Å²) in [6.45, 7) is 1.87. The Morgan fingerprint density at radius 1 is 1.48 bits per heavy atom. The molecule has 0 unspecified atom stereocenters. The van der Waals surface area contributed by atoms with Gasteiger partial charge in [-0.05, 0) is 25.0 Å². The Balaban J connectivity index is 1.99. The lowest BCUT2D eigenvalue weighted by atomic mass is 10.2. The van der Waals surface area contributed by atoms with E-state index in [0.717, 1.165) is 31.6 Å². The monoisotopic (exact) mass is 332 g/mol. The highest BCUT2D eigenvalue weighted by atomic mass is 35.5. The Morgan fingerprint density at radius 2 is 2.29 bits per heavy atom. The fraction of sp³-hybridized carbons (Fsp3) is 0.500. The van der Waals surface area contributed by atoms with Crippen LogP contribution in [0.4, 0.5) is 0 Å². The molecule has 7 heteroatoms. The Morgan fingerprint density at radius 3 is 2.95 bits per heavy atom. The number of carbonyl (C=O) groups excluding carboxylic acids is 1. The average molecular weight is 333 g/mol. The van der Waals surface area contributed by atoms with Crippen molar-refractivity contribution in [2.45, 2.75) is 25.5 Å². The quantitative estimate of drug-likeness (QED) is 0.802. The molecular formula is C14H18Cl2N2O3. The summed E-state index contributed by atoms with van der Waals surface area (Å²) in [5.41, 5.74) is 5.87. The fourth-order valence-electron chi connectivity index (χ4n) is 2.22. The van der Waals surface area contributed by atoms with Crippen LogP contribution >= 0.6 is 23.2 Å². The zero-order valence-electron chi connectivity index (χ0n) is 11.5. The van der Waals surface area contributed by atoms with E-state index in [1.165, 1.54) is 0 Å². The number of nitrogens with two attached hydrogens (primary N) is 1. The Labute approximate surface area is 133 Å². The highest BCUT2D eigenvalue weighted by Gasteiger charge is 2.16. The van der Waals surface area contributed by atoms with E-state index in [-0.39, 0.29) is 12.7 Å². The molecule has 1 atom stereocenters. The van der Waals surface area contributed by atoms with Crippen molar-refractivity contribution in [2.75, 3.05) is 19.8 Å². The number of rotatable bonds is 7. The van der Waals surface area contributed by atoms with Crippen molar-refractivity contribution < 1.29 is 14.3 Å². The fourth-order valence-corrected chi connectivity index (χ4v) is 2.81. The van der Waals surface area contributed by atoms with E-state index in [4.69, 9.17) is 38.4 Å². The molecule has 0 bridgehead atoms. The molecule has 3 N–H and O–H groups in total. The first-order chi connectivity index (χ1) is 10.1. The van der Waals surface area contributed by atoms with Crippen molar-refractivity contribution >= 4 is 29.1 Å². The number of amides is 1. The minimum Gasteiger partial charge on any atom is -0.482 e. The lowest BCUT2D eigenvalue weighted by Crippen LogP contribution is -2.26. The van der Waals surface area contributed by atoms with Crippen LogP contribution in [0.15, 0.2) is 12.1 Å². The lowest BCUT2D eigenvalue weighted by Gasteiger charge is -2.15. The van der Waals surface area contributed by atoms with Crippen LogP contribution in [-0.4, -0.2) is 31.8 Å². The third-order valence-corrected chi connectivity index (χ3v) is 3.65. The number of carbonyl (C=O) groups is 1. The van der Waals surface area contributed by atoms with Crippen LogP contribution < -0.4 is 15.8 Å². The number of halogens is 2. The first kappa shape index (κ1) is 16.4. The maximum atomic E-state index is 10.8. The highest BCUT2D eigenvalue weighted by molar-refractivity contribution is 6.35. The van der Waals surface area contributed by atoms with Crippen LogP contribution in [0.5, 0.6) is 5.75 Å².